The van der Waals surface area contributed by atoms with Crippen molar-refractivity contribution < 1.29 is 9.13 Å². The van der Waals surface area contributed by atoms with Gasteiger partial charge in [-0.25, -0.2) is 4.39 Å². The smallest absolute Gasteiger partial charge is 0.144 e. The van der Waals surface area contributed by atoms with Crippen molar-refractivity contribution in [2.75, 3.05) is 0 Å². The fourth-order valence-corrected chi connectivity index (χ4v) is 2.12. The van der Waals surface area contributed by atoms with Crippen molar-refractivity contribution in [3.63, 3.8) is 0 Å². The van der Waals surface area contributed by atoms with Crippen LogP contribution in [-0.2, 0) is 6.42 Å². The van der Waals surface area contributed by atoms with Crippen LogP contribution in [0.15, 0.2) is 46.9 Å². The average molecular weight is 324 g/mol. The van der Waals surface area contributed by atoms with Crippen LogP contribution >= 0.6 is 15.9 Å². The van der Waals surface area contributed by atoms with Crippen molar-refractivity contribution in [3.8, 4) is 11.5 Å². The van der Waals surface area contributed by atoms with Gasteiger partial charge in [0.2, 0.25) is 0 Å². The summed E-state index contributed by atoms with van der Waals surface area (Å²) < 4.78 is 19.7. The maximum atomic E-state index is 13.2. The van der Waals surface area contributed by atoms with Gasteiger partial charge in [-0.3, -0.25) is 0 Å². The summed E-state index contributed by atoms with van der Waals surface area (Å²) in [6, 6.07) is 12.0. The summed E-state index contributed by atoms with van der Waals surface area (Å²) in [5.41, 5.74) is 6.82. The number of nitrogens with two attached hydrogens (primary N) is 1. The van der Waals surface area contributed by atoms with E-state index in [2.05, 4.69) is 15.9 Å². The molecule has 0 saturated carbocycles. The molecule has 0 bridgehead atoms. The van der Waals surface area contributed by atoms with Crippen LogP contribution in [0.1, 0.15) is 12.5 Å². The summed E-state index contributed by atoms with van der Waals surface area (Å²) >= 11 is 3.35. The molecule has 1 atom stereocenters. The molecule has 100 valence electrons. The van der Waals surface area contributed by atoms with E-state index in [-0.39, 0.29) is 11.9 Å². The summed E-state index contributed by atoms with van der Waals surface area (Å²) in [5, 5.41) is 0. The zero-order valence-corrected chi connectivity index (χ0v) is 12.2. The van der Waals surface area contributed by atoms with Gasteiger partial charge in [0, 0.05) is 12.1 Å². The average Bonchev–Trinajstić information content (AvgIpc) is 2.35. The molecule has 0 aliphatic heterocycles. The van der Waals surface area contributed by atoms with E-state index in [0.29, 0.717) is 22.4 Å². The van der Waals surface area contributed by atoms with Gasteiger partial charge in [0.1, 0.15) is 17.3 Å². The van der Waals surface area contributed by atoms with Gasteiger partial charge < -0.3 is 10.5 Å². The Kier molecular flexibility index (Phi) is 4.56. The van der Waals surface area contributed by atoms with E-state index in [0.717, 1.165) is 5.56 Å². The highest BCUT2D eigenvalue weighted by Crippen LogP contribution is 2.32. The number of hydrogen-bond donors (Lipinski definition) is 1. The Morgan fingerprint density at radius 2 is 1.95 bits per heavy atom. The predicted octanol–water partition coefficient (Wildman–Crippen LogP) is 4.27. The Hall–Kier alpha value is -1.39. The topological polar surface area (TPSA) is 35.2 Å². The Balaban J connectivity index is 2.30. The molecule has 4 heteroatoms. The number of halogens is 2. The Morgan fingerprint density at radius 3 is 2.68 bits per heavy atom. The number of para-hydroxylation sites is 1. The molecule has 0 spiro atoms. The molecular formula is C15H15BrFNO. The van der Waals surface area contributed by atoms with E-state index in [1.165, 1.54) is 12.1 Å². The molecule has 0 heterocycles. The second-order valence-corrected chi connectivity index (χ2v) is 5.32. The molecule has 19 heavy (non-hydrogen) atoms. The van der Waals surface area contributed by atoms with Crippen LogP contribution in [0.3, 0.4) is 0 Å². The van der Waals surface area contributed by atoms with Crippen LogP contribution in [-0.4, -0.2) is 6.04 Å². The van der Waals surface area contributed by atoms with Gasteiger partial charge in [-0.15, -0.1) is 0 Å². The van der Waals surface area contributed by atoms with Gasteiger partial charge in [0.05, 0.1) is 4.47 Å². The summed E-state index contributed by atoms with van der Waals surface area (Å²) in [6.45, 7) is 1.94. The summed E-state index contributed by atoms with van der Waals surface area (Å²) in [4.78, 5) is 0. The minimum Gasteiger partial charge on any atom is -0.456 e. The van der Waals surface area contributed by atoms with Gasteiger partial charge in [-0.05, 0) is 53.0 Å². The van der Waals surface area contributed by atoms with E-state index < -0.39 is 0 Å². The van der Waals surface area contributed by atoms with Crippen LogP contribution in [0.2, 0.25) is 0 Å². The largest absolute Gasteiger partial charge is 0.456 e. The molecule has 0 fully saturated rings. The van der Waals surface area contributed by atoms with E-state index in [1.807, 2.05) is 31.2 Å². The first-order chi connectivity index (χ1) is 9.06. The van der Waals surface area contributed by atoms with Gasteiger partial charge in [0.15, 0.2) is 0 Å². The van der Waals surface area contributed by atoms with Crippen molar-refractivity contribution in [1.82, 2.24) is 0 Å². The van der Waals surface area contributed by atoms with Crippen molar-refractivity contribution >= 4 is 15.9 Å². The molecule has 2 aromatic carbocycles. The first-order valence-corrected chi connectivity index (χ1v) is 6.82. The molecule has 2 N–H and O–H groups in total. The molecule has 0 saturated heterocycles. The summed E-state index contributed by atoms with van der Waals surface area (Å²) in [5.74, 6) is 0.825. The lowest BCUT2D eigenvalue weighted by molar-refractivity contribution is 0.465. The highest BCUT2D eigenvalue weighted by atomic mass is 79.9. The van der Waals surface area contributed by atoms with Crippen LogP contribution in [0.25, 0.3) is 0 Å². The number of rotatable bonds is 4. The fraction of sp³-hybridized carbons (Fsp3) is 0.200. The zero-order valence-electron chi connectivity index (χ0n) is 10.6. The van der Waals surface area contributed by atoms with E-state index in [1.54, 1.807) is 6.07 Å². The normalized spacial score (nSPS) is 12.2. The number of benzene rings is 2. The number of ether oxygens (including phenoxy) is 1. The molecule has 0 aliphatic rings. The quantitative estimate of drug-likeness (QED) is 0.911. The second-order valence-electron chi connectivity index (χ2n) is 4.47. The molecule has 2 aromatic rings. The van der Waals surface area contributed by atoms with Crippen LogP contribution in [0.4, 0.5) is 4.39 Å². The van der Waals surface area contributed by atoms with Gasteiger partial charge in [-0.2, -0.15) is 0 Å². The minimum atomic E-state index is -0.331. The third-order valence-corrected chi connectivity index (χ3v) is 3.28. The molecule has 0 aliphatic carbocycles. The molecule has 2 rings (SSSR count). The maximum absolute atomic E-state index is 13.2. The van der Waals surface area contributed by atoms with Crippen molar-refractivity contribution in [1.29, 1.82) is 0 Å². The van der Waals surface area contributed by atoms with Crippen LogP contribution < -0.4 is 10.5 Å². The minimum absolute atomic E-state index is 0.0423. The molecule has 0 aromatic heterocycles. The molecule has 1 unspecified atom stereocenters. The maximum Gasteiger partial charge on any atom is 0.144 e. The van der Waals surface area contributed by atoms with Gasteiger partial charge in [0.25, 0.3) is 0 Å². The molecular weight excluding hydrogens is 309 g/mol. The Morgan fingerprint density at radius 1 is 1.21 bits per heavy atom. The highest BCUT2D eigenvalue weighted by molar-refractivity contribution is 9.10. The monoisotopic (exact) mass is 323 g/mol. The summed E-state index contributed by atoms with van der Waals surface area (Å²) in [7, 11) is 0. The Labute approximate surface area is 120 Å². The summed E-state index contributed by atoms with van der Waals surface area (Å²) in [6.07, 6.45) is 0.711. The third-order valence-electron chi connectivity index (χ3n) is 2.63. The number of hydrogen-bond acceptors (Lipinski definition) is 2. The van der Waals surface area contributed by atoms with Crippen molar-refractivity contribution in [3.05, 3.63) is 58.3 Å². The van der Waals surface area contributed by atoms with Crippen molar-refractivity contribution in [2.24, 2.45) is 5.73 Å². The van der Waals surface area contributed by atoms with Crippen LogP contribution in [0, 0.1) is 5.82 Å². The fourth-order valence-electron chi connectivity index (χ4n) is 1.79. The third kappa shape index (κ3) is 3.78. The second kappa shape index (κ2) is 6.17. The predicted molar refractivity (Wildman–Crippen MR) is 78.0 cm³/mol. The highest BCUT2D eigenvalue weighted by Gasteiger charge is 2.09. The lowest BCUT2D eigenvalue weighted by Gasteiger charge is -2.13. The van der Waals surface area contributed by atoms with Gasteiger partial charge >= 0.3 is 0 Å². The van der Waals surface area contributed by atoms with Crippen molar-refractivity contribution in [2.45, 2.75) is 19.4 Å². The van der Waals surface area contributed by atoms with E-state index in [4.69, 9.17) is 10.5 Å². The zero-order chi connectivity index (χ0) is 13.8. The first-order valence-electron chi connectivity index (χ1n) is 6.02. The van der Waals surface area contributed by atoms with Crippen LogP contribution in [0.5, 0.6) is 11.5 Å². The molecule has 0 amide bonds. The lowest BCUT2D eigenvalue weighted by Crippen LogP contribution is -2.18. The standard InChI is InChI=1S/C15H15BrFNO/c1-10(18)8-11-4-2-3-5-14(11)19-15-9-12(17)6-7-13(15)16/h2-7,9-10H,8,18H2,1H3. The lowest BCUT2D eigenvalue weighted by atomic mass is 10.1. The van der Waals surface area contributed by atoms with E-state index >= 15 is 0 Å². The molecule has 2 nitrogen and oxygen atoms in total. The van der Waals surface area contributed by atoms with Gasteiger partial charge in [-0.1, -0.05) is 18.2 Å². The first kappa shape index (κ1) is 14.0. The van der Waals surface area contributed by atoms with E-state index in [9.17, 15) is 4.39 Å². The Bertz CT molecular complexity index is 572. The SMILES string of the molecule is CC(N)Cc1ccccc1Oc1cc(F)ccc1Br. The molecule has 0 radical (unpaired) electrons.